The van der Waals surface area contributed by atoms with Crippen LogP contribution in [0.15, 0.2) is 64.4 Å². The molecule has 1 aromatic heterocycles. The SMILES string of the molecule is O=C(O)CN1C(=O)[C@@H]2[C@H]3C[C@@H]([C@@H]4Sc5[nH]c(=O)sc5[C@H](c5cccc(Oc6ccccc6)c5)[C@@H]34)[C@H]2C1=O. The number of likely N-dealkylation sites (tertiary alicyclic amines) is 1. The largest absolute Gasteiger partial charge is 0.480 e. The zero-order chi connectivity index (χ0) is 25.4. The fraction of sp³-hybridized carbons (Fsp3) is 0.333. The third-order valence-electron chi connectivity index (χ3n) is 8.30. The molecule has 7 rings (SSSR count). The van der Waals surface area contributed by atoms with Crippen molar-refractivity contribution in [2.75, 3.05) is 6.54 Å². The summed E-state index contributed by atoms with van der Waals surface area (Å²) in [6, 6.07) is 17.4. The summed E-state index contributed by atoms with van der Waals surface area (Å²) in [4.78, 5) is 55.0. The van der Waals surface area contributed by atoms with Crippen LogP contribution in [0.5, 0.6) is 11.5 Å². The Morgan fingerprint density at radius 1 is 1.00 bits per heavy atom. The number of thiazole rings is 1. The summed E-state index contributed by atoms with van der Waals surface area (Å²) >= 11 is 2.81. The molecule has 2 amide bonds. The molecule has 2 aromatic carbocycles. The number of para-hydroxylation sites is 1. The van der Waals surface area contributed by atoms with Crippen LogP contribution in [0.1, 0.15) is 22.8 Å². The highest BCUT2D eigenvalue weighted by Crippen LogP contribution is 2.68. The molecule has 0 spiro atoms. The number of thioether (sulfide) groups is 1. The number of hydrogen-bond donors (Lipinski definition) is 2. The molecule has 2 bridgehead atoms. The number of nitrogens with one attached hydrogen (secondary N) is 1. The molecule has 2 N–H and O–H groups in total. The molecule has 188 valence electrons. The quantitative estimate of drug-likeness (QED) is 0.479. The van der Waals surface area contributed by atoms with E-state index in [1.54, 1.807) is 11.8 Å². The van der Waals surface area contributed by atoms with Gasteiger partial charge >= 0.3 is 10.8 Å². The minimum atomic E-state index is -1.19. The van der Waals surface area contributed by atoms with E-state index in [1.807, 2.05) is 54.6 Å². The summed E-state index contributed by atoms with van der Waals surface area (Å²) in [7, 11) is 0. The number of aromatic amines is 1. The second-order valence-corrected chi connectivity index (χ2v) is 12.3. The van der Waals surface area contributed by atoms with E-state index < -0.39 is 24.3 Å². The van der Waals surface area contributed by atoms with Gasteiger partial charge in [0.15, 0.2) is 0 Å². The molecular formula is C27H22N2O6S2. The predicted molar refractivity (Wildman–Crippen MR) is 136 cm³/mol. The van der Waals surface area contributed by atoms with E-state index in [-0.39, 0.29) is 45.6 Å². The molecule has 2 aliphatic heterocycles. The molecule has 37 heavy (non-hydrogen) atoms. The average molecular weight is 535 g/mol. The van der Waals surface area contributed by atoms with Gasteiger partial charge in [0.2, 0.25) is 11.8 Å². The highest BCUT2D eigenvalue weighted by atomic mass is 32.2. The van der Waals surface area contributed by atoms with E-state index >= 15 is 0 Å². The number of H-pyrrole nitrogens is 1. The molecule has 3 aromatic rings. The lowest BCUT2D eigenvalue weighted by Gasteiger charge is -2.43. The van der Waals surface area contributed by atoms with Crippen LogP contribution in [-0.4, -0.2) is 44.6 Å². The Morgan fingerprint density at radius 3 is 2.49 bits per heavy atom. The van der Waals surface area contributed by atoms with Crippen molar-refractivity contribution < 1.29 is 24.2 Å². The van der Waals surface area contributed by atoms with Gasteiger partial charge in [0, 0.05) is 16.0 Å². The minimum Gasteiger partial charge on any atom is -0.480 e. The van der Waals surface area contributed by atoms with Gasteiger partial charge in [0.25, 0.3) is 0 Å². The molecular weight excluding hydrogens is 512 g/mol. The van der Waals surface area contributed by atoms with Crippen molar-refractivity contribution in [1.29, 1.82) is 0 Å². The fourth-order valence-corrected chi connectivity index (χ4v) is 10.0. The van der Waals surface area contributed by atoms with Crippen LogP contribution in [0.3, 0.4) is 0 Å². The number of carboxylic acid groups (broad SMARTS) is 1. The number of fused-ring (bicyclic) bond motifs is 9. The number of imide groups is 1. The first-order valence-corrected chi connectivity index (χ1v) is 13.9. The first-order chi connectivity index (χ1) is 17.9. The van der Waals surface area contributed by atoms with Crippen molar-refractivity contribution in [3.63, 3.8) is 0 Å². The molecule has 2 saturated carbocycles. The van der Waals surface area contributed by atoms with Crippen LogP contribution in [0, 0.1) is 29.6 Å². The van der Waals surface area contributed by atoms with Crippen molar-refractivity contribution in [1.82, 2.24) is 9.88 Å². The van der Waals surface area contributed by atoms with Gasteiger partial charge in [-0.3, -0.25) is 24.1 Å². The molecule has 7 atom stereocenters. The number of hydrogen-bond acceptors (Lipinski definition) is 7. The maximum atomic E-state index is 13.3. The average Bonchev–Trinajstić information content (AvgIpc) is 3.60. The normalized spacial score (nSPS) is 31.2. The molecule has 1 saturated heterocycles. The maximum absolute atomic E-state index is 13.3. The molecule has 2 aliphatic carbocycles. The Bertz CT molecular complexity index is 1500. The molecule has 8 nitrogen and oxygen atoms in total. The summed E-state index contributed by atoms with van der Waals surface area (Å²) in [6.07, 6.45) is 0.756. The zero-order valence-corrected chi connectivity index (χ0v) is 21.0. The zero-order valence-electron chi connectivity index (χ0n) is 19.4. The van der Waals surface area contributed by atoms with Gasteiger partial charge in [-0.15, -0.1) is 11.8 Å². The van der Waals surface area contributed by atoms with Crippen LogP contribution >= 0.6 is 23.1 Å². The van der Waals surface area contributed by atoms with E-state index in [0.29, 0.717) is 5.75 Å². The van der Waals surface area contributed by atoms with Gasteiger partial charge in [-0.05, 0) is 54.0 Å². The van der Waals surface area contributed by atoms with E-state index in [1.165, 1.54) is 11.3 Å². The van der Waals surface area contributed by atoms with Crippen molar-refractivity contribution in [2.24, 2.45) is 29.6 Å². The van der Waals surface area contributed by atoms with Crippen LogP contribution in [0.2, 0.25) is 0 Å². The number of aromatic nitrogens is 1. The van der Waals surface area contributed by atoms with Crippen molar-refractivity contribution >= 4 is 40.9 Å². The van der Waals surface area contributed by atoms with E-state index in [4.69, 9.17) is 4.74 Å². The molecule has 0 unspecified atom stereocenters. The summed E-state index contributed by atoms with van der Waals surface area (Å²) in [5.41, 5.74) is 1.00. The van der Waals surface area contributed by atoms with Crippen molar-refractivity contribution in [3.05, 3.63) is 74.7 Å². The third kappa shape index (κ3) is 3.42. The van der Waals surface area contributed by atoms with Crippen LogP contribution in [0.4, 0.5) is 0 Å². The lowest BCUT2D eigenvalue weighted by Crippen LogP contribution is -2.42. The number of rotatable bonds is 5. The van der Waals surface area contributed by atoms with Gasteiger partial charge in [0.05, 0.1) is 16.9 Å². The smallest absolute Gasteiger partial charge is 0.323 e. The number of amides is 2. The summed E-state index contributed by atoms with van der Waals surface area (Å²) in [6.45, 7) is -0.588. The minimum absolute atomic E-state index is 0.0388. The Labute approximate surface area is 219 Å². The van der Waals surface area contributed by atoms with Crippen LogP contribution in [0.25, 0.3) is 0 Å². The molecule has 0 radical (unpaired) electrons. The highest BCUT2D eigenvalue weighted by molar-refractivity contribution is 8.00. The fourth-order valence-electron chi connectivity index (χ4n) is 7.14. The van der Waals surface area contributed by atoms with E-state index in [2.05, 4.69) is 4.98 Å². The standard InChI is InChI=1S/C27H22N2O6S2/c30-17(31)11-29-25(32)20-15-10-16(21(20)26(29)33)22-19(15)18(23-24(36-22)28-27(34)37-23)12-5-4-8-14(9-12)35-13-6-2-1-3-7-13/h1-9,15-16,18-22H,10-11H2,(H,28,34)(H,30,31)/t15-,16+,18+,19+,20+,21+,22-/m0/s1. The maximum Gasteiger partial charge on any atom is 0.323 e. The summed E-state index contributed by atoms with van der Waals surface area (Å²) in [5, 5.41) is 10.2. The number of aliphatic carboxylic acids is 1. The number of nitrogens with zero attached hydrogens (tertiary/aromatic N) is 1. The number of carbonyl (C=O) groups excluding carboxylic acids is 2. The number of benzene rings is 2. The number of carboxylic acids is 1. The summed E-state index contributed by atoms with van der Waals surface area (Å²) in [5.74, 6) is -1.66. The topological polar surface area (TPSA) is 117 Å². The number of carbonyl (C=O) groups is 3. The first kappa shape index (κ1) is 22.8. The van der Waals surface area contributed by atoms with E-state index in [9.17, 15) is 24.3 Å². The Kier molecular flexibility index (Phi) is 5.13. The van der Waals surface area contributed by atoms with Gasteiger partial charge in [-0.1, -0.05) is 41.7 Å². The molecule has 3 fully saturated rings. The van der Waals surface area contributed by atoms with Crippen LogP contribution < -0.4 is 9.61 Å². The van der Waals surface area contributed by atoms with Crippen molar-refractivity contribution in [3.8, 4) is 11.5 Å². The lowest BCUT2D eigenvalue weighted by molar-refractivity contribution is -0.149. The predicted octanol–water partition coefficient (Wildman–Crippen LogP) is 3.79. The number of ether oxygens (including phenoxy) is 1. The third-order valence-corrected chi connectivity index (χ3v) is 10.9. The Balaban J connectivity index is 1.29. The van der Waals surface area contributed by atoms with Gasteiger partial charge in [0.1, 0.15) is 18.0 Å². The van der Waals surface area contributed by atoms with Crippen LogP contribution in [-0.2, 0) is 14.4 Å². The molecule has 4 aliphatic rings. The van der Waals surface area contributed by atoms with Crippen molar-refractivity contribution in [2.45, 2.75) is 22.6 Å². The van der Waals surface area contributed by atoms with Gasteiger partial charge in [-0.2, -0.15) is 0 Å². The van der Waals surface area contributed by atoms with Gasteiger partial charge in [-0.25, -0.2) is 0 Å². The monoisotopic (exact) mass is 534 g/mol. The lowest BCUT2D eigenvalue weighted by atomic mass is 9.68. The molecule has 10 heteroatoms. The first-order valence-electron chi connectivity index (χ1n) is 12.2. The highest BCUT2D eigenvalue weighted by Gasteiger charge is 2.69. The van der Waals surface area contributed by atoms with Gasteiger partial charge < -0.3 is 14.8 Å². The van der Waals surface area contributed by atoms with E-state index in [0.717, 1.165) is 32.5 Å². The summed E-state index contributed by atoms with van der Waals surface area (Å²) < 4.78 is 6.10. The second kappa shape index (κ2) is 8.32. The Hall–Kier alpha value is -3.37. The Morgan fingerprint density at radius 2 is 1.73 bits per heavy atom. The second-order valence-electron chi connectivity index (χ2n) is 10.1. The molecule has 3 heterocycles.